The molecular formula is C8H19BN4S. The zero-order valence-electron chi connectivity index (χ0n) is 9.04. The quantitative estimate of drug-likeness (QED) is 0.172. The van der Waals surface area contributed by atoms with Crippen molar-refractivity contribution in [3.63, 3.8) is 0 Å². The van der Waals surface area contributed by atoms with Gasteiger partial charge in [0.15, 0.2) is 0 Å². The average molecular weight is 214 g/mol. The summed E-state index contributed by atoms with van der Waals surface area (Å²) in [5.41, 5.74) is 11.7. The van der Waals surface area contributed by atoms with Gasteiger partial charge in [-0.3, -0.25) is 16.5 Å². The second-order valence-corrected chi connectivity index (χ2v) is 4.28. The summed E-state index contributed by atoms with van der Waals surface area (Å²) >= 11 is 4.27. The van der Waals surface area contributed by atoms with Gasteiger partial charge in [-0.05, 0) is 13.3 Å². The third-order valence-corrected chi connectivity index (χ3v) is 2.66. The largest absolute Gasteiger partial charge is 0.344 e. The first kappa shape index (κ1) is 13.8. The molecule has 0 saturated carbocycles. The highest BCUT2D eigenvalue weighted by atomic mass is 32.1. The molecule has 80 valence electrons. The van der Waals surface area contributed by atoms with Gasteiger partial charge in [-0.2, -0.15) is 12.6 Å². The van der Waals surface area contributed by atoms with E-state index in [0.717, 1.165) is 6.42 Å². The Morgan fingerprint density at radius 2 is 2.07 bits per heavy atom. The van der Waals surface area contributed by atoms with Gasteiger partial charge in [0.2, 0.25) is 0 Å². The van der Waals surface area contributed by atoms with Crippen LogP contribution in [0, 0.1) is 0 Å². The highest BCUT2D eigenvalue weighted by Gasteiger charge is 2.38. The van der Waals surface area contributed by atoms with Crippen LogP contribution < -0.4 is 16.8 Å². The molecule has 0 bridgehead atoms. The number of rotatable bonds is 4. The summed E-state index contributed by atoms with van der Waals surface area (Å²) in [5, 5.41) is 2.84. The molecule has 0 saturated heterocycles. The molecule has 14 heavy (non-hydrogen) atoms. The third-order valence-electron chi connectivity index (χ3n) is 2.07. The number of nitrogens with zero attached hydrogens (tertiary/aromatic N) is 1. The molecule has 0 aromatic carbocycles. The predicted molar refractivity (Wildman–Crippen MR) is 65.7 cm³/mol. The van der Waals surface area contributed by atoms with Crippen LogP contribution in [0.5, 0.6) is 0 Å². The fraction of sp³-hybridized carbons (Fsp3) is 0.875. The third kappa shape index (κ3) is 3.51. The fourth-order valence-electron chi connectivity index (χ4n) is 1.05. The Bertz CT molecular complexity index is 215. The molecule has 0 heterocycles. The number of amidine groups is 1. The first-order valence-corrected chi connectivity index (χ1v) is 5.02. The van der Waals surface area contributed by atoms with Crippen molar-refractivity contribution >= 4 is 26.3 Å². The van der Waals surface area contributed by atoms with E-state index >= 15 is 0 Å². The van der Waals surface area contributed by atoms with E-state index in [1.807, 2.05) is 6.92 Å². The van der Waals surface area contributed by atoms with Crippen LogP contribution in [0.4, 0.5) is 0 Å². The summed E-state index contributed by atoms with van der Waals surface area (Å²) in [6, 6.07) is 0. The summed E-state index contributed by atoms with van der Waals surface area (Å²) in [5.74, 6) is -0.634. The number of hydrogen-bond acceptors (Lipinski definition) is 4. The molecule has 0 spiro atoms. The molecule has 1 unspecified atom stereocenters. The van der Waals surface area contributed by atoms with E-state index in [1.54, 1.807) is 14.0 Å². The summed E-state index contributed by atoms with van der Waals surface area (Å²) < 4.78 is -0.965. The minimum Gasteiger partial charge on any atom is -0.344 e. The Morgan fingerprint density at radius 3 is 2.43 bits per heavy atom. The van der Waals surface area contributed by atoms with Gasteiger partial charge in [0, 0.05) is 11.7 Å². The molecule has 0 fully saturated rings. The second-order valence-electron chi connectivity index (χ2n) is 3.48. The maximum absolute atomic E-state index is 5.90. The summed E-state index contributed by atoms with van der Waals surface area (Å²) in [7, 11) is 7.55. The lowest BCUT2D eigenvalue weighted by atomic mass is 9.76. The van der Waals surface area contributed by atoms with Crippen molar-refractivity contribution in [2.24, 2.45) is 16.5 Å². The van der Waals surface area contributed by atoms with Crippen LogP contribution in [-0.2, 0) is 0 Å². The number of nitrogens with one attached hydrogen (secondary N) is 1. The minimum atomic E-state index is -1.27. The number of hydrogen-bond donors (Lipinski definition) is 4. The molecule has 0 rings (SSSR count). The van der Waals surface area contributed by atoms with E-state index in [0.29, 0.717) is 12.3 Å². The van der Waals surface area contributed by atoms with Gasteiger partial charge in [-0.25, -0.2) is 0 Å². The molecule has 5 N–H and O–H groups in total. The highest BCUT2D eigenvalue weighted by molar-refractivity contribution is 7.83. The smallest absolute Gasteiger partial charge is 0.145 e. The SMILES string of the molecule is [B]C(S)(CCC)C(N)(N)NC(C)=NC. The number of thiol groups is 1. The van der Waals surface area contributed by atoms with Gasteiger partial charge in [0.05, 0.1) is 13.7 Å². The van der Waals surface area contributed by atoms with Crippen molar-refractivity contribution in [3.8, 4) is 0 Å². The van der Waals surface area contributed by atoms with Crippen LogP contribution in [-0.4, -0.2) is 31.2 Å². The second kappa shape index (κ2) is 5.05. The Kier molecular flexibility index (Phi) is 4.98. The number of nitrogens with two attached hydrogens (primary N) is 2. The Labute approximate surface area is 92.7 Å². The van der Waals surface area contributed by atoms with Crippen molar-refractivity contribution in [2.45, 2.75) is 37.1 Å². The first-order valence-electron chi connectivity index (χ1n) is 4.57. The Morgan fingerprint density at radius 1 is 1.57 bits per heavy atom. The van der Waals surface area contributed by atoms with Crippen LogP contribution in [0.15, 0.2) is 4.99 Å². The lowest BCUT2D eigenvalue weighted by molar-refractivity contribution is 0.348. The molecule has 0 amide bonds. The lowest BCUT2D eigenvalue weighted by Crippen LogP contribution is -2.74. The van der Waals surface area contributed by atoms with Gasteiger partial charge < -0.3 is 5.32 Å². The maximum atomic E-state index is 5.90. The van der Waals surface area contributed by atoms with Gasteiger partial charge in [0.1, 0.15) is 5.79 Å². The molecule has 0 aromatic rings. The van der Waals surface area contributed by atoms with E-state index in [9.17, 15) is 0 Å². The van der Waals surface area contributed by atoms with Crippen molar-refractivity contribution in [1.29, 1.82) is 0 Å². The summed E-state index contributed by atoms with van der Waals surface area (Å²) in [6.45, 7) is 3.76. The number of aliphatic imine (C=N–C) groups is 1. The van der Waals surface area contributed by atoms with Crippen LogP contribution in [0.1, 0.15) is 26.7 Å². The first-order chi connectivity index (χ1) is 6.27. The molecule has 0 aliphatic heterocycles. The van der Waals surface area contributed by atoms with Crippen molar-refractivity contribution in [1.82, 2.24) is 5.32 Å². The summed E-state index contributed by atoms with van der Waals surface area (Å²) in [4.78, 5) is 3.90. The van der Waals surface area contributed by atoms with Crippen molar-refractivity contribution < 1.29 is 0 Å². The van der Waals surface area contributed by atoms with Gasteiger partial charge in [-0.1, -0.05) is 13.3 Å². The zero-order valence-corrected chi connectivity index (χ0v) is 9.94. The van der Waals surface area contributed by atoms with Crippen molar-refractivity contribution in [2.75, 3.05) is 7.05 Å². The molecular weight excluding hydrogens is 195 g/mol. The maximum Gasteiger partial charge on any atom is 0.145 e. The molecule has 6 heteroatoms. The van der Waals surface area contributed by atoms with Crippen LogP contribution in [0.25, 0.3) is 0 Å². The predicted octanol–water partition coefficient (Wildman–Crippen LogP) is -0.210. The molecule has 0 aliphatic carbocycles. The monoisotopic (exact) mass is 214 g/mol. The normalized spacial score (nSPS) is 17.7. The fourth-order valence-corrected chi connectivity index (χ4v) is 1.33. The topological polar surface area (TPSA) is 76.4 Å². The van der Waals surface area contributed by atoms with Crippen LogP contribution in [0.2, 0.25) is 0 Å². The standard InChI is InChI=1S/C8H19BN4S/c1-4-5-7(9,14)8(10,11)13-6(2)12-3/h14H,4-5,10-11H2,1-3H3,(H,12,13). The van der Waals surface area contributed by atoms with E-state index in [2.05, 4.69) is 22.9 Å². The van der Waals surface area contributed by atoms with Gasteiger partial charge in [0.25, 0.3) is 0 Å². The van der Waals surface area contributed by atoms with Crippen LogP contribution in [0.3, 0.4) is 0 Å². The molecule has 0 aliphatic rings. The highest BCUT2D eigenvalue weighted by Crippen LogP contribution is 2.23. The van der Waals surface area contributed by atoms with E-state index in [1.165, 1.54) is 0 Å². The van der Waals surface area contributed by atoms with Gasteiger partial charge in [-0.15, -0.1) is 0 Å². The zero-order chi connectivity index (χ0) is 11.4. The van der Waals surface area contributed by atoms with E-state index < -0.39 is 10.4 Å². The molecule has 4 nitrogen and oxygen atoms in total. The van der Waals surface area contributed by atoms with E-state index in [-0.39, 0.29) is 0 Å². The molecule has 1 atom stereocenters. The van der Waals surface area contributed by atoms with Gasteiger partial charge >= 0.3 is 0 Å². The average Bonchev–Trinajstić information content (AvgIpc) is 2.03. The van der Waals surface area contributed by atoms with Crippen LogP contribution >= 0.6 is 12.6 Å². The molecule has 0 aromatic heterocycles. The Balaban J connectivity index is 4.58. The Hall–Kier alpha value is -0.195. The van der Waals surface area contributed by atoms with E-state index in [4.69, 9.17) is 19.3 Å². The molecule has 2 radical (unpaired) electrons. The minimum absolute atomic E-state index is 0.618. The summed E-state index contributed by atoms with van der Waals surface area (Å²) in [6.07, 6.45) is 1.48. The van der Waals surface area contributed by atoms with Crippen molar-refractivity contribution in [3.05, 3.63) is 0 Å². The lowest BCUT2D eigenvalue weighted by Gasteiger charge is -2.41.